The molecule has 0 saturated carbocycles. The predicted octanol–water partition coefficient (Wildman–Crippen LogP) is 4.44. The lowest BCUT2D eigenvalue weighted by molar-refractivity contribution is -0.00967. The van der Waals surface area contributed by atoms with Gasteiger partial charge < -0.3 is 15.5 Å². The summed E-state index contributed by atoms with van der Waals surface area (Å²) in [5.41, 5.74) is 9.57. The predicted molar refractivity (Wildman–Crippen MR) is 115 cm³/mol. The van der Waals surface area contributed by atoms with E-state index < -0.39 is 5.92 Å². The maximum Gasteiger partial charge on any atom is 0.275 e. The highest BCUT2D eigenvalue weighted by Crippen LogP contribution is 2.39. The first-order valence-corrected chi connectivity index (χ1v) is 9.93. The van der Waals surface area contributed by atoms with Crippen molar-refractivity contribution in [3.8, 4) is 0 Å². The Balaban J connectivity index is 1.81. The van der Waals surface area contributed by atoms with Crippen molar-refractivity contribution in [1.29, 1.82) is 0 Å². The number of nitrogens with two attached hydrogens (primary N) is 1. The molecule has 0 bridgehead atoms. The lowest BCUT2D eigenvalue weighted by atomic mass is 10.0. The zero-order valence-corrected chi connectivity index (χ0v) is 16.8. The van der Waals surface area contributed by atoms with Crippen molar-refractivity contribution in [1.82, 2.24) is 4.98 Å². The summed E-state index contributed by atoms with van der Waals surface area (Å²) in [6, 6.07) is 15.0. The van der Waals surface area contributed by atoms with Crippen molar-refractivity contribution in [3.63, 3.8) is 0 Å². The van der Waals surface area contributed by atoms with Gasteiger partial charge in [0.05, 0.1) is 5.52 Å². The molecule has 152 valence electrons. The summed E-state index contributed by atoms with van der Waals surface area (Å²) in [5.74, 6) is -2.12. The SMILES string of the molecule is Cc1ccc2nc(N3CCC(F)(F)c4ccccc4C3)cc(N(C)CCN)c2c1. The molecule has 0 atom stereocenters. The minimum Gasteiger partial charge on any atom is -0.373 e. The van der Waals surface area contributed by atoms with Crippen molar-refractivity contribution < 1.29 is 8.78 Å². The molecule has 1 aromatic heterocycles. The zero-order chi connectivity index (χ0) is 20.6. The average molecular weight is 396 g/mol. The summed E-state index contributed by atoms with van der Waals surface area (Å²) < 4.78 is 29.4. The van der Waals surface area contributed by atoms with Gasteiger partial charge in [-0.3, -0.25) is 0 Å². The molecule has 2 N–H and O–H groups in total. The third-order valence-electron chi connectivity index (χ3n) is 5.60. The number of aryl methyl sites for hydroxylation is 1. The molecule has 0 spiro atoms. The monoisotopic (exact) mass is 396 g/mol. The van der Waals surface area contributed by atoms with Crippen LogP contribution in [-0.2, 0) is 12.5 Å². The fourth-order valence-electron chi connectivity index (χ4n) is 4.01. The summed E-state index contributed by atoms with van der Waals surface area (Å²) in [5, 5.41) is 1.05. The van der Waals surface area contributed by atoms with E-state index in [1.807, 2.05) is 43.1 Å². The van der Waals surface area contributed by atoms with Crippen molar-refractivity contribution in [2.24, 2.45) is 5.73 Å². The quantitative estimate of drug-likeness (QED) is 0.708. The van der Waals surface area contributed by atoms with Gasteiger partial charge in [-0.25, -0.2) is 13.8 Å². The summed E-state index contributed by atoms with van der Waals surface area (Å²) in [7, 11) is 2.00. The molecule has 4 nitrogen and oxygen atoms in total. The van der Waals surface area contributed by atoms with Gasteiger partial charge in [0.1, 0.15) is 5.82 Å². The fourth-order valence-corrected chi connectivity index (χ4v) is 4.01. The number of nitrogens with zero attached hydrogens (tertiary/aromatic N) is 3. The Morgan fingerprint density at radius 2 is 1.97 bits per heavy atom. The molecule has 0 fully saturated rings. The normalized spacial score (nSPS) is 15.8. The van der Waals surface area contributed by atoms with Crippen molar-refractivity contribution in [2.75, 3.05) is 36.5 Å². The van der Waals surface area contributed by atoms with Crippen LogP contribution in [0.3, 0.4) is 0 Å². The fraction of sp³-hybridized carbons (Fsp3) is 0.348. The molecule has 0 saturated heterocycles. The van der Waals surface area contributed by atoms with E-state index in [2.05, 4.69) is 11.0 Å². The van der Waals surface area contributed by atoms with Crippen LogP contribution in [0, 0.1) is 6.92 Å². The lowest BCUT2D eigenvalue weighted by Gasteiger charge is -2.26. The molecule has 0 aliphatic carbocycles. The number of pyridine rings is 1. The molecular weight excluding hydrogens is 370 g/mol. The second-order valence-corrected chi connectivity index (χ2v) is 7.76. The smallest absolute Gasteiger partial charge is 0.275 e. The van der Waals surface area contributed by atoms with Gasteiger partial charge in [0.2, 0.25) is 0 Å². The van der Waals surface area contributed by atoms with Crippen LogP contribution in [0.5, 0.6) is 0 Å². The van der Waals surface area contributed by atoms with E-state index in [0.29, 0.717) is 31.0 Å². The van der Waals surface area contributed by atoms with Gasteiger partial charge in [-0.1, -0.05) is 35.9 Å². The van der Waals surface area contributed by atoms with Gasteiger partial charge in [-0.2, -0.15) is 0 Å². The number of aromatic nitrogens is 1. The van der Waals surface area contributed by atoms with Gasteiger partial charge in [0.15, 0.2) is 0 Å². The largest absolute Gasteiger partial charge is 0.373 e. The second kappa shape index (κ2) is 7.59. The molecule has 2 aromatic carbocycles. The van der Waals surface area contributed by atoms with E-state index in [9.17, 15) is 8.78 Å². The lowest BCUT2D eigenvalue weighted by Crippen LogP contribution is -2.27. The topological polar surface area (TPSA) is 45.4 Å². The maximum atomic E-state index is 14.7. The number of benzene rings is 2. The molecule has 0 unspecified atom stereocenters. The molecular formula is C23H26F2N4. The van der Waals surface area contributed by atoms with Crippen LogP contribution in [0.2, 0.25) is 0 Å². The Hall–Kier alpha value is -2.73. The molecule has 0 radical (unpaired) electrons. The number of alkyl halides is 2. The third kappa shape index (κ3) is 3.77. The first kappa shape index (κ1) is 19.6. The standard InChI is InChI=1S/C23H26F2N4/c1-16-7-8-20-18(13-16)21(28(2)12-10-26)14-22(27-20)29-11-9-23(24,25)19-6-4-3-5-17(19)15-29/h3-8,13-14H,9-12,15,26H2,1-2H3. The summed E-state index contributed by atoms with van der Waals surface area (Å²) >= 11 is 0. The number of halogens is 2. The van der Waals surface area contributed by atoms with E-state index in [-0.39, 0.29) is 18.5 Å². The van der Waals surface area contributed by atoms with E-state index in [1.165, 1.54) is 6.07 Å². The number of rotatable bonds is 4. The molecule has 1 aliphatic rings. The summed E-state index contributed by atoms with van der Waals surface area (Å²) in [6.07, 6.45) is -0.231. The van der Waals surface area contributed by atoms with Crippen LogP contribution >= 0.6 is 0 Å². The highest BCUT2D eigenvalue weighted by molar-refractivity contribution is 5.94. The van der Waals surface area contributed by atoms with E-state index in [4.69, 9.17) is 10.7 Å². The number of fused-ring (bicyclic) bond motifs is 2. The van der Waals surface area contributed by atoms with Crippen LogP contribution in [0.25, 0.3) is 10.9 Å². The first-order chi connectivity index (χ1) is 13.9. The van der Waals surface area contributed by atoms with Crippen LogP contribution < -0.4 is 15.5 Å². The molecule has 0 amide bonds. The number of likely N-dealkylation sites (N-methyl/N-ethyl adjacent to an activating group) is 1. The maximum absolute atomic E-state index is 14.7. The van der Waals surface area contributed by atoms with Crippen LogP contribution in [0.4, 0.5) is 20.3 Å². The van der Waals surface area contributed by atoms with Gasteiger partial charge in [0.25, 0.3) is 5.92 Å². The number of hydrogen-bond donors (Lipinski definition) is 1. The van der Waals surface area contributed by atoms with Crippen molar-refractivity contribution in [3.05, 3.63) is 65.2 Å². The number of hydrogen-bond acceptors (Lipinski definition) is 4. The highest BCUT2D eigenvalue weighted by atomic mass is 19.3. The first-order valence-electron chi connectivity index (χ1n) is 9.93. The van der Waals surface area contributed by atoms with Crippen LogP contribution in [0.1, 0.15) is 23.1 Å². The van der Waals surface area contributed by atoms with Gasteiger partial charge in [-0.05, 0) is 24.6 Å². The summed E-state index contributed by atoms with van der Waals surface area (Å²) in [4.78, 5) is 8.89. The Labute approximate surface area is 169 Å². The minimum atomic E-state index is -2.83. The summed E-state index contributed by atoms with van der Waals surface area (Å²) in [6.45, 7) is 3.94. The molecule has 3 aromatic rings. The Bertz CT molecular complexity index is 1030. The van der Waals surface area contributed by atoms with E-state index >= 15 is 0 Å². The number of anilines is 2. The van der Waals surface area contributed by atoms with Gasteiger partial charge in [0, 0.05) is 62.4 Å². The Kier molecular flexibility index (Phi) is 5.13. The molecule has 4 rings (SSSR count). The van der Waals surface area contributed by atoms with E-state index in [1.54, 1.807) is 12.1 Å². The van der Waals surface area contributed by atoms with Gasteiger partial charge >= 0.3 is 0 Å². The molecule has 29 heavy (non-hydrogen) atoms. The highest BCUT2D eigenvalue weighted by Gasteiger charge is 2.37. The van der Waals surface area contributed by atoms with Crippen molar-refractivity contribution in [2.45, 2.75) is 25.8 Å². The van der Waals surface area contributed by atoms with E-state index in [0.717, 1.165) is 22.2 Å². The average Bonchev–Trinajstić information content (AvgIpc) is 2.83. The molecule has 6 heteroatoms. The third-order valence-corrected chi connectivity index (χ3v) is 5.60. The van der Waals surface area contributed by atoms with Gasteiger partial charge in [-0.15, -0.1) is 0 Å². The van der Waals surface area contributed by atoms with Crippen LogP contribution in [0.15, 0.2) is 48.5 Å². The molecule has 2 heterocycles. The molecule has 1 aliphatic heterocycles. The second-order valence-electron chi connectivity index (χ2n) is 7.76. The Morgan fingerprint density at radius 3 is 2.76 bits per heavy atom. The zero-order valence-electron chi connectivity index (χ0n) is 16.8. The Morgan fingerprint density at radius 1 is 1.17 bits per heavy atom. The van der Waals surface area contributed by atoms with Crippen molar-refractivity contribution >= 4 is 22.4 Å². The minimum absolute atomic E-state index is 0.124. The van der Waals surface area contributed by atoms with Crippen LogP contribution in [-0.4, -0.2) is 31.7 Å².